The molecule has 1 aromatic rings. The molecule has 2 atom stereocenters. The fourth-order valence-electron chi connectivity index (χ4n) is 2.54. The molecule has 0 amide bonds. The van der Waals surface area contributed by atoms with Gasteiger partial charge in [0.15, 0.2) is 0 Å². The van der Waals surface area contributed by atoms with Gasteiger partial charge >= 0.3 is 0 Å². The predicted octanol–water partition coefficient (Wildman–Crippen LogP) is 3.86. The molecule has 0 fully saturated rings. The van der Waals surface area contributed by atoms with Gasteiger partial charge in [0.2, 0.25) is 0 Å². The van der Waals surface area contributed by atoms with Crippen LogP contribution in [0.1, 0.15) is 43.9 Å². The number of hydrogen-bond acceptors (Lipinski definition) is 2. The zero-order valence-corrected chi connectivity index (χ0v) is 11.5. The second-order valence-electron chi connectivity index (χ2n) is 4.62. The molecule has 94 valence electrons. The summed E-state index contributed by atoms with van der Waals surface area (Å²) in [5.41, 5.74) is 2.35. The molecule has 1 aliphatic heterocycles. The fourth-order valence-corrected chi connectivity index (χ4v) is 2.82. The van der Waals surface area contributed by atoms with E-state index in [9.17, 15) is 0 Å². The van der Waals surface area contributed by atoms with Gasteiger partial charge in [0.1, 0.15) is 11.9 Å². The number of benzene rings is 1. The first-order valence-corrected chi connectivity index (χ1v) is 6.75. The maximum absolute atomic E-state index is 6.14. The highest BCUT2D eigenvalue weighted by atomic mass is 35.5. The van der Waals surface area contributed by atoms with Crippen molar-refractivity contribution in [3.8, 4) is 5.75 Å². The van der Waals surface area contributed by atoms with Gasteiger partial charge in [-0.1, -0.05) is 31.9 Å². The van der Waals surface area contributed by atoms with Gasteiger partial charge in [-0.05, 0) is 37.6 Å². The zero-order chi connectivity index (χ0) is 12.4. The van der Waals surface area contributed by atoms with E-state index in [-0.39, 0.29) is 12.1 Å². The van der Waals surface area contributed by atoms with Crippen molar-refractivity contribution in [3.63, 3.8) is 0 Å². The highest BCUT2D eigenvalue weighted by Crippen LogP contribution is 2.42. The van der Waals surface area contributed by atoms with E-state index < -0.39 is 0 Å². The molecule has 0 radical (unpaired) electrons. The molecule has 1 aromatic carbocycles. The van der Waals surface area contributed by atoms with Gasteiger partial charge in [0.05, 0.1) is 6.04 Å². The van der Waals surface area contributed by atoms with E-state index >= 15 is 0 Å². The first-order chi connectivity index (χ1) is 8.17. The van der Waals surface area contributed by atoms with Gasteiger partial charge in [-0.15, -0.1) is 0 Å². The molecule has 2 nitrogen and oxygen atoms in total. The molecule has 0 aromatic heterocycles. The van der Waals surface area contributed by atoms with Crippen molar-refractivity contribution in [2.45, 2.75) is 45.8 Å². The van der Waals surface area contributed by atoms with Crippen LogP contribution in [0.4, 0.5) is 0 Å². The molecule has 0 spiro atoms. The third-order valence-corrected chi connectivity index (χ3v) is 3.46. The lowest BCUT2D eigenvalue weighted by Crippen LogP contribution is -2.30. The van der Waals surface area contributed by atoms with Crippen LogP contribution in [-0.2, 0) is 0 Å². The van der Waals surface area contributed by atoms with Gasteiger partial charge in [0, 0.05) is 10.6 Å². The van der Waals surface area contributed by atoms with Crippen molar-refractivity contribution < 1.29 is 4.74 Å². The maximum atomic E-state index is 6.14. The number of fused-ring (bicyclic) bond motifs is 1. The van der Waals surface area contributed by atoms with Crippen LogP contribution in [-0.4, -0.2) is 12.6 Å². The van der Waals surface area contributed by atoms with Crippen molar-refractivity contribution in [1.82, 2.24) is 5.32 Å². The van der Waals surface area contributed by atoms with Crippen molar-refractivity contribution in [1.29, 1.82) is 0 Å². The van der Waals surface area contributed by atoms with E-state index in [1.807, 2.05) is 12.1 Å². The number of halogens is 1. The topological polar surface area (TPSA) is 21.3 Å². The van der Waals surface area contributed by atoms with Gasteiger partial charge in [-0.25, -0.2) is 0 Å². The number of hydrogen-bond donors (Lipinski definition) is 1. The van der Waals surface area contributed by atoms with E-state index in [1.165, 1.54) is 5.56 Å². The first-order valence-electron chi connectivity index (χ1n) is 6.37. The summed E-state index contributed by atoms with van der Waals surface area (Å²) in [4.78, 5) is 0. The van der Waals surface area contributed by atoms with Gasteiger partial charge in [-0.2, -0.15) is 0 Å². The van der Waals surface area contributed by atoms with E-state index in [0.717, 1.165) is 35.7 Å². The van der Waals surface area contributed by atoms with Crippen LogP contribution in [0, 0.1) is 6.92 Å². The minimum atomic E-state index is 0.243. The number of aryl methyl sites for hydroxylation is 1. The average molecular weight is 254 g/mol. The molecule has 0 bridgehead atoms. The Morgan fingerprint density at radius 1 is 1.35 bits per heavy atom. The molecule has 1 heterocycles. The van der Waals surface area contributed by atoms with E-state index in [4.69, 9.17) is 16.3 Å². The van der Waals surface area contributed by atoms with Crippen molar-refractivity contribution in [2.24, 2.45) is 0 Å². The van der Waals surface area contributed by atoms with Gasteiger partial charge < -0.3 is 10.1 Å². The lowest BCUT2D eigenvalue weighted by molar-refractivity contribution is 0.178. The van der Waals surface area contributed by atoms with Crippen LogP contribution in [0.15, 0.2) is 12.1 Å². The molecule has 2 unspecified atom stereocenters. The maximum Gasteiger partial charge on any atom is 0.127 e. The Morgan fingerprint density at radius 3 is 2.76 bits per heavy atom. The lowest BCUT2D eigenvalue weighted by atomic mass is 9.99. The molecule has 2 rings (SSSR count). The summed E-state index contributed by atoms with van der Waals surface area (Å²) in [6, 6.07) is 4.29. The second kappa shape index (κ2) is 5.28. The minimum Gasteiger partial charge on any atom is -0.488 e. The van der Waals surface area contributed by atoms with Crippen LogP contribution >= 0.6 is 11.6 Å². The van der Waals surface area contributed by atoms with Crippen LogP contribution < -0.4 is 10.1 Å². The summed E-state index contributed by atoms with van der Waals surface area (Å²) in [7, 11) is 0. The Balaban J connectivity index is 2.35. The van der Waals surface area contributed by atoms with E-state index in [1.54, 1.807) is 0 Å². The predicted molar refractivity (Wildman–Crippen MR) is 71.9 cm³/mol. The Morgan fingerprint density at radius 2 is 2.12 bits per heavy atom. The Hall–Kier alpha value is -0.730. The normalized spacial score (nSPS) is 22.4. The lowest BCUT2D eigenvalue weighted by Gasteiger charge is -2.19. The molecule has 0 aliphatic carbocycles. The smallest absolute Gasteiger partial charge is 0.127 e. The van der Waals surface area contributed by atoms with Crippen LogP contribution in [0.5, 0.6) is 5.75 Å². The molecule has 1 N–H and O–H groups in total. The summed E-state index contributed by atoms with van der Waals surface area (Å²) >= 11 is 6.14. The third kappa shape index (κ3) is 2.43. The SMILES string of the molecule is CCCC1Oc2c(C)cc(Cl)cc2C1NCC. The average Bonchev–Trinajstić information content (AvgIpc) is 2.59. The molecular weight excluding hydrogens is 234 g/mol. The first kappa shape index (κ1) is 12.7. The largest absolute Gasteiger partial charge is 0.488 e. The Bertz CT molecular complexity index is 405. The fraction of sp³-hybridized carbons (Fsp3) is 0.571. The summed E-state index contributed by atoms with van der Waals surface area (Å²) in [5, 5.41) is 4.30. The van der Waals surface area contributed by atoms with E-state index in [0.29, 0.717) is 0 Å². The van der Waals surface area contributed by atoms with Crippen LogP contribution in [0.3, 0.4) is 0 Å². The van der Waals surface area contributed by atoms with Crippen molar-refractivity contribution in [2.75, 3.05) is 6.54 Å². The summed E-state index contributed by atoms with van der Waals surface area (Å²) in [5.74, 6) is 1.03. The number of rotatable bonds is 4. The Kier molecular flexibility index (Phi) is 3.95. The molecule has 17 heavy (non-hydrogen) atoms. The highest BCUT2D eigenvalue weighted by Gasteiger charge is 2.34. The van der Waals surface area contributed by atoms with Crippen molar-refractivity contribution >= 4 is 11.6 Å². The van der Waals surface area contributed by atoms with Crippen molar-refractivity contribution in [3.05, 3.63) is 28.3 Å². The number of likely N-dealkylation sites (N-methyl/N-ethyl adjacent to an activating group) is 1. The Labute approximate surface area is 108 Å². The standard InChI is InChI=1S/C14H20ClNO/c1-4-6-12-13(16-5-2)11-8-10(15)7-9(3)14(11)17-12/h7-8,12-13,16H,4-6H2,1-3H3. The van der Waals surface area contributed by atoms with Crippen LogP contribution in [0.25, 0.3) is 0 Å². The highest BCUT2D eigenvalue weighted by molar-refractivity contribution is 6.30. The number of ether oxygens (including phenoxy) is 1. The summed E-state index contributed by atoms with van der Waals surface area (Å²) in [6.07, 6.45) is 2.45. The van der Waals surface area contributed by atoms with Gasteiger partial charge in [0.25, 0.3) is 0 Å². The van der Waals surface area contributed by atoms with Gasteiger partial charge in [-0.3, -0.25) is 0 Å². The minimum absolute atomic E-state index is 0.243. The second-order valence-corrected chi connectivity index (χ2v) is 5.06. The van der Waals surface area contributed by atoms with E-state index in [2.05, 4.69) is 26.1 Å². The molecular formula is C14H20ClNO. The molecule has 1 aliphatic rings. The summed E-state index contributed by atoms with van der Waals surface area (Å²) < 4.78 is 6.08. The zero-order valence-electron chi connectivity index (χ0n) is 10.7. The number of nitrogens with one attached hydrogen (secondary N) is 1. The molecule has 3 heteroatoms. The molecule has 0 saturated heterocycles. The monoisotopic (exact) mass is 253 g/mol. The summed E-state index contributed by atoms with van der Waals surface area (Å²) in [6.45, 7) is 7.31. The molecule has 0 saturated carbocycles. The third-order valence-electron chi connectivity index (χ3n) is 3.24. The quantitative estimate of drug-likeness (QED) is 0.880. The van der Waals surface area contributed by atoms with Crippen LogP contribution in [0.2, 0.25) is 5.02 Å².